The van der Waals surface area contributed by atoms with Gasteiger partial charge in [0, 0.05) is 103 Å². The van der Waals surface area contributed by atoms with Crippen molar-refractivity contribution in [2.45, 2.75) is 49.0 Å². The largest absolute Gasteiger partial charge is 0.588 e. The third-order valence-corrected chi connectivity index (χ3v) is 16.2. The Morgan fingerprint density at radius 2 is 0.786 bits per heavy atom. The van der Waals surface area contributed by atoms with Gasteiger partial charge in [0.25, 0.3) is 5.91 Å². The van der Waals surface area contributed by atoms with E-state index in [-0.39, 0.29) is 85.3 Å². The van der Waals surface area contributed by atoms with Crippen molar-refractivity contribution < 1.29 is 104 Å². The number of benzene rings is 9. The maximum Gasteiger partial charge on any atom is 0.561 e. The molecule has 0 saturated heterocycles. The first-order valence-corrected chi connectivity index (χ1v) is 32.4. The van der Waals surface area contributed by atoms with Crippen LogP contribution < -0.4 is 16.8 Å². The van der Waals surface area contributed by atoms with Crippen LogP contribution in [0.1, 0.15) is 67.5 Å². The molecule has 0 fully saturated rings. The second-order valence-electron chi connectivity index (χ2n) is 21.0. The van der Waals surface area contributed by atoms with Gasteiger partial charge in [0.15, 0.2) is 5.69 Å². The third kappa shape index (κ3) is 20.6. The van der Waals surface area contributed by atoms with E-state index >= 15 is 0 Å². The number of nitriles is 1. The van der Waals surface area contributed by atoms with Crippen molar-refractivity contribution in [1.82, 2.24) is 34.8 Å². The van der Waals surface area contributed by atoms with Gasteiger partial charge in [0.2, 0.25) is 0 Å². The van der Waals surface area contributed by atoms with Crippen LogP contribution in [0.2, 0.25) is 0 Å². The molecule has 8 N–H and O–H groups in total. The molecule has 1 amide bonds. The number of esters is 1. The number of methoxy groups -OCH3 is 1. The normalized spacial score (nSPS) is 10.2. The smallest absolute Gasteiger partial charge is 0.561 e. The number of nitrogens with two attached hydrogens (primary N) is 1. The van der Waals surface area contributed by atoms with Crippen molar-refractivity contribution in [2.24, 2.45) is 5.73 Å². The molecule has 12 rings (SSSR count). The van der Waals surface area contributed by atoms with Crippen molar-refractivity contribution in [1.29, 1.82) is 5.26 Å². The molecule has 511 valence electrons. The summed E-state index contributed by atoms with van der Waals surface area (Å²) >= 11 is 0. The maximum atomic E-state index is 12.1. The summed E-state index contributed by atoms with van der Waals surface area (Å²) in [5.74, 6) is 1.02. The number of nitrogens with zero attached hydrogens (tertiary/aromatic N) is 7. The Kier molecular flexibility index (Phi) is 33.1. The second-order valence-corrected chi connectivity index (χ2v) is 25.0. The minimum atomic E-state index is -4.78. The van der Waals surface area contributed by atoms with Gasteiger partial charge < -0.3 is 40.3 Å². The van der Waals surface area contributed by atoms with Crippen LogP contribution in [0, 0.1) is 71.1 Å². The van der Waals surface area contributed by atoms with Crippen LogP contribution in [0.15, 0.2) is 219 Å². The summed E-state index contributed by atoms with van der Waals surface area (Å²) in [6.07, 6.45) is 5.24. The number of aliphatic hydroxyl groups is 1. The van der Waals surface area contributed by atoms with Gasteiger partial charge in [0.05, 0.1) is 24.6 Å². The summed E-state index contributed by atoms with van der Waals surface area (Å²) < 4.78 is 29.5. The summed E-state index contributed by atoms with van der Waals surface area (Å²) in [6.45, 7) is 12.5. The molecule has 18 nitrogen and oxygen atoms in total. The molecule has 3 heterocycles. The van der Waals surface area contributed by atoms with Crippen molar-refractivity contribution in [3.05, 3.63) is 287 Å². The fraction of sp³-hybridized carbons (Fsp3) is 0.120. The minimum absolute atomic E-state index is 0. The zero-order valence-corrected chi connectivity index (χ0v) is 62.9. The molecule has 3 radical (unpaired) electrons. The predicted molar refractivity (Wildman–Crippen MR) is 372 cm³/mol. The van der Waals surface area contributed by atoms with Crippen LogP contribution in [0.25, 0.3) is 84.6 Å². The quantitative estimate of drug-likeness (QED) is 0.0432. The van der Waals surface area contributed by atoms with E-state index in [0.717, 1.165) is 91.2 Å². The number of aliphatic hydroxyl groups excluding tert-OH is 1. The van der Waals surface area contributed by atoms with Crippen molar-refractivity contribution in [2.75, 3.05) is 14.2 Å². The topological polar surface area (TPSA) is 300 Å². The number of carbonyl (C=O) groups is 2. The van der Waals surface area contributed by atoms with E-state index in [1.165, 1.54) is 29.4 Å². The van der Waals surface area contributed by atoms with E-state index in [1.54, 1.807) is 18.6 Å². The first kappa shape index (κ1) is 83.3. The predicted octanol–water partition coefficient (Wildman–Crippen LogP) is 15.2. The Balaban J connectivity index is 0.000000351. The molecule has 1 unspecified atom stereocenters. The number of imidazole rings is 3. The van der Waals surface area contributed by atoms with Crippen LogP contribution in [-0.4, -0.2) is 69.6 Å². The van der Waals surface area contributed by atoms with Crippen molar-refractivity contribution in [3.8, 4) is 90.7 Å². The van der Waals surface area contributed by atoms with Gasteiger partial charge in [-0.2, -0.15) is 5.26 Å². The fourth-order valence-corrected chi connectivity index (χ4v) is 10.6. The zero-order valence-electron chi connectivity index (χ0n) is 53.9. The van der Waals surface area contributed by atoms with Gasteiger partial charge in [-0.05, 0) is 145 Å². The van der Waals surface area contributed by atoms with Gasteiger partial charge >= 0.3 is 21.0 Å². The molecule has 0 aliphatic heterocycles. The molecule has 1 atom stereocenters. The van der Waals surface area contributed by atoms with E-state index in [9.17, 15) is 28.9 Å². The van der Waals surface area contributed by atoms with E-state index in [4.69, 9.17) is 25.4 Å². The van der Waals surface area contributed by atoms with Crippen LogP contribution >= 0.6 is 15.0 Å². The average Bonchev–Trinajstić information content (AvgIpc) is 1.56. The summed E-state index contributed by atoms with van der Waals surface area (Å²) in [4.78, 5) is 62.0. The Labute approximate surface area is 612 Å². The first-order valence-electron chi connectivity index (χ1n) is 28.9. The average molecular weight is 1880 g/mol. The molecule has 3 aromatic heterocycles. The van der Waals surface area contributed by atoms with Crippen LogP contribution in [-0.2, 0) is 74.2 Å². The van der Waals surface area contributed by atoms with Gasteiger partial charge in [-0.25, -0.2) is 9.36 Å². The van der Waals surface area contributed by atoms with Gasteiger partial charge in [0.1, 0.15) is 17.5 Å². The Morgan fingerprint density at radius 1 is 0.510 bits per heavy atom. The number of hydrogen-bond acceptors (Lipinski definition) is 12. The molecular weight excluding hydrogens is 1810 g/mol. The SMILES string of the molecule is C.CO.COC(=O)c1cn(-c2c(C)cc(-c3ccccc3)cc2C)c(-c2[c-]cccc2)n1.Cc1cc(-c2ccccc2)cc(C)c1-n1cc(C#N)nc1-c1[c-]cccc1.Cc1cc(-c2ccccc2)cc(C)c1-n1cc(C(N)=O)nc1-c1[c-]cccc1.N.O=[P+]([O-])P(=O)(O)O.[Ir].[Ir].[Ir]. The molecule has 0 spiro atoms. The molecule has 12 aromatic rings. The molecule has 23 heteroatoms. The zero-order chi connectivity index (χ0) is 66.9. The Morgan fingerprint density at radius 3 is 1.05 bits per heavy atom. The van der Waals surface area contributed by atoms with Gasteiger partial charge in [-0.1, -0.05) is 103 Å². The number of ether oxygens (including phenoxy) is 1. The number of aryl methyl sites for hydroxylation is 6. The van der Waals surface area contributed by atoms with Crippen LogP contribution in [0.5, 0.6) is 0 Å². The molecule has 0 aliphatic carbocycles. The van der Waals surface area contributed by atoms with Crippen LogP contribution in [0.3, 0.4) is 0 Å². The van der Waals surface area contributed by atoms with E-state index in [2.05, 4.69) is 154 Å². The van der Waals surface area contributed by atoms with E-state index in [1.807, 2.05) is 141 Å². The standard InChI is InChI=1S/C25H21N2O2.C24H20N3O.C24H18N3.CH4O.CH4.3Ir.H3N.H2O5P2/c1-17-14-21(19-10-6-4-7-11-19)15-18(2)23(17)27-16-22(25(28)29-3)26-24(27)20-12-8-5-9-13-20;1-16-13-20(18-9-5-3-6-10-18)14-17(2)22(16)27-15-21(23(25)28)26-24(27)19-11-7-4-8-12-19;1-17-13-21(19-9-5-3-6-10-19)14-18(2)23(17)27-16-22(15-25)26-24(27)20-11-7-4-8-12-20;1-2;;;;;;1-6(2)7(3,4)5/h4-12,14-16H,1-3H3;3-11,13-15H,1-2H3,(H2,25,28);3-11,13-14,16H,1-2H3;2H,1H3;1H4;;;;1H3;(H2,3,4,5)/q3*-1;;;;;;;. The Bertz CT molecular complexity index is 4620. The minimum Gasteiger partial charge on any atom is -0.588 e. The molecule has 0 aliphatic rings. The number of rotatable bonds is 12. The summed E-state index contributed by atoms with van der Waals surface area (Å²) in [5.41, 5.74) is 25.6. The first-order chi connectivity index (χ1) is 44.7. The monoisotopic (exact) mass is 1880 g/mol. The molecular formula is C75H72Ir3N9O9P2-3. The number of amides is 1. The van der Waals surface area contributed by atoms with Crippen molar-refractivity contribution >= 4 is 26.9 Å². The van der Waals surface area contributed by atoms with Crippen molar-refractivity contribution in [3.63, 3.8) is 0 Å². The fourth-order valence-electron chi connectivity index (χ4n) is 10.6. The van der Waals surface area contributed by atoms with E-state index < -0.39 is 26.9 Å². The van der Waals surface area contributed by atoms with Crippen LogP contribution in [0.4, 0.5) is 0 Å². The molecule has 98 heavy (non-hydrogen) atoms. The number of hydrogen-bond donors (Lipinski definition) is 5. The maximum absolute atomic E-state index is 12.1. The molecule has 9 aromatic carbocycles. The summed E-state index contributed by atoms with van der Waals surface area (Å²) in [6, 6.07) is 78.6. The van der Waals surface area contributed by atoms with E-state index in [0.29, 0.717) is 17.3 Å². The van der Waals surface area contributed by atoms with Gasteiger partial charge in [-0.15, -0.1) is 108 Å². The Hall–Kier alpha value is -8.88. The number of carbonyl (C=O) groups excluding carboxylic acids is 2. The van der Waals surface area contributed by atoms with Gasteiger partial charge in [-0.3, -0.25) is 29.5 Å². The second kappa shape index (κ2) is 38.9. The number of aromatic nitrogens is 6. The third-order valence-electron chi connectivity index (χ3n) is 14.5. The molecule has 0 bridgehead atoms. The number of primary amides is 1. The summed E-state index contributed by atoms with van der Waals surface area (Å²) in [7, 11) is -6.00. The summed E-state index contributed by atoms with van der Waals surface area (Å²) in [5, 5.41) is 16.4. The molecule has 0 saturated carbocycles.